The molecule has 0 amide bonds. The summed E-state index contributed by atoms with van der Waals surface area (Å²) in [5.74, 6) is -2.07. The molecule has 2 atom stereocenters. The topological polar surface area (TPSA) is 86.6 Å². The SMILES string of the molecule is CC[C@H](N[C@H](C)C(=O)O)C(=O)O. The van der Waals surface area contributed by atoms with E-state index in [1.165, 1.54) is 6.92 Å². The van der Waals surface area contributed by atoms with E-state index in [1.54, 1.807) is 6.92 Å². The van der Waals surface area contributed by atoms with E-state index in [-0.39, 0.29) is 0 Å². The van der Waals surface area contributed by atoms with Gasteiger partial charge in [0.15, 0.2) is 0 Å². The molecular formula is C7H13NO4. The van der Waals surface area contributed by atoms with Crippen LogP contribution in [0.3, 0.4) is 0 Å². The average Bonchev–Trinajstić information content (AvgIpc) is 1.98. The molecule has 3 N–H and O–H groups in total. The summed E-state index contributed by atoms with van der Waals surface area (Å²) in [6.45, 7) is 3.09. The van der Waals surface area contributed by atoms with Crippen LogP contribution in [0.5, 0.6) is 0 Å². The zero-order valence-electron chi connectivity index (χ0n) is 7.07. The predicted octanol–water partition coefficient (Wildman–Crippen LogP) is -0.0877. The number of hydrogen-bond donors (Lipinski definition) is 3. The fraction of sp³-hybridized carbons (Fsp3) is 0.714. The van der Waals surface area contributed by atoms with E-state index in [4.69, 9.17) is 10.2 Å². The molecule has 5 heteroatoms. The lowest BCUT2D eigenvalue weighted by Crippen LogP contribution is -2.45. The molecule has 0 spiro atoms. The molecular weight excluding hydrogens is 162 g/mol. The average molecular weight is 175 g/mol. The van der Waals surface area contributed by atoms with Gasteiger partial charge in [0.25, 0.3) is 0 Å². The third-order valence-corrected chi connectivity index (χ3v) is 1.53. The Bertz CT molecular complexity index is 180. The van der Waals surface area contributed by atoms with E-state index >= 15 is 0 Å². The summed E-state index contributed by atoms with van der Waals surface area (Å²) in [6, 6.07) is -1.61. The number of rotatable bonds is 5. The van der Waals surface area contributed by atoms with Crippen molar-refractivity contribution in [2.24, 2.45) is 0 Å². The molecule has 0 fully saturated rings. The Morgan fingerprint density at radius 1 is 1.33 bits per heavy atom. The molecule has 0 heterocycles. The minimum Gasteiger partial charge on any atom is -0.480 e. The monoisotopic (exact) mass is 175 g/mol. The molecule has 0 unspecified atom stereocenters. The lowest BCUT2D eigenvalue weighted by Gasteiger charge is -2.14. The molecule has 0 aromatic rings. The Labute approximate surface area is 70.4 Å². The smallest absolute Gasteiger partial charge is 0.320 e. The van der Waals surface area contributed by atoms with Gasteiger partial charge < -0.3 is 10.2 Å². The van der Waals surface area contributed by atoms with Crippen molar-refractivity contribution in [2.45, 2.75) is 32.4 Å². The van der Waals surface area contributed by atoms with Gasteiger partial charge in [0, 0.05) is 0 Å². The molecule has 0 aromatic carbocycles. The summed E-state index contributed by atoms with van der Waals surface area (Å²) in [7, 11) is 0. The van der Waals surface area contributed by atoms with Crippen molar-refractivity contribution >= 4 is 11.9 Å². The van der Waals surface area contributed by atoms with Gasteiger partial charge in [-0.2, -0.15) is 0 Å². The number of carbonyl (C=O) groups is 2. The van der Waals surface area contributed by atoms with E-state index < -0.39 is 24.0 Å². The summed E-state index contributed by atoms with van der Waals surface area (Å²) < 4.78 is 0. The van der Waals surface area contributed by atoms with Crippen molar-refractivity contribution in [3.05, 3.63) is 0 Å². The first-order valence-electron chi connectivity index (χ1n) is 3.70. The first-order valence-corrected chi connectivity index (χ1v) is 3.70. The first kappa shape index (κ1) is 10.9. The largest absolute Gasteiger partial charge is 0.480 e. The maximum Gasteiger partial charge on any atom is 0.320 e. The van der Waals surface area contributed by atoms with E-state index in [2.05, 4.69) is 5.32 Å². The van der Waals surface area contributed by atoms with Crippen molar-refractivity contribution in [3.8, 4) is 0 Å². The molecule has 0 aliphatic carbocycles. The summed E-state index contributed by atoms with van der Waals surface area (Å²) in [4.78, 5) is 20.8. The van der Waals surface area contributed by atoms with Gasteiger partial charge in [0.2, 0.25) is 0 Å². The van der Waals surface area contributed by atoms with E-state index in [9.17, 15) is 9.59 Å². The zero-order chi connectivity index (χ0) is 9.72. The van der Waals surface area contributed by atoms with E-state index in [1.807, 2.05) is 0 Å². The third-order valence-electron chi connectivity index (χ3n) is 1.53. The minimum absolute atomic E-state index is 0.368. The van der Waals surface area contributed by atoms with Gasteiger partial charge in [0.05, 0.1) is 0 Å². The highest BCUT2D eigenvalue weighted by Gasteiger charge is 2.20. The second-order valence-electron chi connectivity index (χ2n) is 2.53. The first-order chi connectivity index (χ1) is 5.49. The van der Waals surface area contributed by atoms with Crippen LogP contribution in [-0.2, 0) is 9.59 Å². The Morgan fingerprint density at radius 3 is 2.08 bits per heavy atom. The Kier molecular flexibility index (Phi) is 4.28. The van der Waals surface area contributed by atoms with E-state index in [0.29, 0.717) is 6.42 Å². The summed E-state index contributed by atoms with van der Waals surface area (Å²) in [5, 5.41) is 19.5. The summed E-state index contributed by atoms with van der Waals surface area (Å²) >= 11 is 0. The van der Waals surface area contributed by atoms with Gasteiger partial charge in [-0.15, -0.1) is 0 Å². The summed E-state index contributed by atoms with van der Waals surface area (Å²) in [5.41, 5.74) is 0. The van der Waals surface area contributed by atoms with Gasteiger partial charge in [-0.05, 0) is 13.3 Å². The van der Waals surface area contributed by atoms with Crippen LogP contribution in [0.15, 0.2) is 0 Å². The Balaban J connectivity index is 4.02. The number of carboxylic acids is 2. The quantitative estimate of drug-likeness (QED) is 0.543. The van der Waals surface area contributed by atoms with Crippen LogP contribution in [0, 0.1) is 0 Å². The van der Waals surface area contributed by atoms with Gasteiger partial charge >= 0.3 is 11.9 Å². The van der Waals surface area contributed by atoms with Crippen molar-refractivity contribution < 1.29 is 19.8 Å². The van der Waals surface area contributed by atoms with Gasteiger partial charge in [-0.1, -0.05) is 6.92 Å². The second-order valence-corrected chi connectivity index (χ2v) is 2.53. The summed E-state index contributed by atoms with van der Waals surface area (Å²) in [6.07, 6.45) is 0.368. The minimum atomic E-state index is -1.05. The Morgan fingerprint density at radius 2 is 1.83 bits per heavy atom. The maximum atomic E-state index is 10.4. The number of aliphatic carboxylic acids is 2. The molecule has 0 aliphatic rings. The van der Waals surface area contributed by atoms with Crippen molar-refractivity contribution in [2.75, 3.05) is 0 Å². The molecule has 70 valence electrons. The molecule has 0 bridgehead atoms. The molecule has 12 heavy (non-hydrogen) atoms. The molecule has 0 saturated carbocycles. The highest BCUT2D eigenvalue weighted by molar-refractivity contribution is 5.77. The fourth-order valence-corrected chi connectivity index (χ4v) is 0.737. The zero-order valence-corrected chi connectivity index (χ0v) is 7.07. The fourth-order valence-electron chi connectivity index (χ4n) is 0.737. The van der Waals surface area contributed by atoms with Crippen molar-refractivity contribution in [1.82, 2.24) is 5.32 Å². The van der Waals surface area contributed by atoms with Gasteiger partial charge in [0.1, 0.15) is 12.1 Å². The molecule has 0 saturated heterocycles. The molecule has 0 rings (SSSR count). The van der Waals surface area contributed by atoms with Gasteiger partial charge in [-0.25, -0.2) is 0 Å². The molecule has 0 aliphatic heterocycles. The number of nitrogens with one attached hydrogen (secondary N) is 1. The normalized spacial score (nSPS) is 15.2. The van der Waals surface area contributed by atoms with Crippen LogP contribution < -0.4 is 5.32 Å². The number of hydrogen-bond acceptors (Lipinski definition) is 3. The van der Waals surface area contributed by atoms with Crippen LogP contribution in [0.25, 0.3) is 0 Å². The number of carboxylic acid groups (broad SMARTS) is 2. The maximum absolute atomic E-state index is 10.4. The van der Waals surface area contributed by atoms with Crippen LogP contribution in [-0.4, -0.2) is 34.2 Å². The lowest BCUT2D eigenvalue weighted by molar-refractivity contribution is -0.142. The molecule has 5 nitrogen and oxygen atoms in total. The third kappa shape index (κ3) is 3.34. The van der Waals surface area contributed by atoms with E-state index in [0.717, 1.165) is 0 Å². The van der Waals surface area contributed by atoms with Crippen LogP contribution in [0.1, 0.15) is 20.3 Å². The molecule has 0 radical (unpaired) electrons. The van der Waals surface area contributed by atoms with Crippen LogP contribution in [0.2, 0.25) is 0 Å². The predicted molar refractivity (Wildman–Crippen MR) is 41.9 cm³/mol. The van der Waals surface area contributed by atoms with Gasteiger partial charge in [-0.3, -0.25) is 14.9 Å². The highest BCUT2D eigenvalue weighted by Crippen LogP contribution is 1.93. The lowest BCUT2D eigenvalue weighted by atomic mass is 10.2. The van der Waals surface area contributed by atoms with Crippen molar-refractivity contribution in [3.63, 3.8) is 0 Å². The van der Waals surface area contributed by atoms with Crippen molar-refractivity contribution in [1.29, 1.82) is 0 Å². The Hall–Kier alpha value is -1.10. The molecule has 0 aromatic heterocycles. The van der Waals surface area contributed by atoms with Crippen LogP contribution >= 0.6 is 0 Å². The highest BCUT2D eigenvalue weighted by atomic mass is 16.4. The second kappa shape index (κ2) is 4.71. The standard InChI is InChI=1S/C7H13NO4/c1-3-5(7(11)12)8-4(2)6(9)10/h4-5,8H,3H2,1-2H3,(H,9,10)(H,11,12)/t4-,5+/m1/s1. The van der Waals surface area contributed by atoms with Crippen LogP contribution in [0.4, 0.5) is 0 Å².